The lowest BCUT2D eigenvalue weighted by Gasteiger charge is -2.07. The van der Waals surface area contributed by atoms with Crippen molar-refractivity contribution in [2.45, 2.75) is 32.1 Å². The highest BCUT2D eigenvalue weighted by atomic mass is 19.1. The van der Waals surface area contributed by atoms with E-state index in [1.165, 1.54) is 0 Å². The van der Waals surface area contributed by atoms with E-state index in [4.69, 9.17) is 5.73 Å². The molecule has 0 spiro atoms. The third kappa shape index (κ3) is 2.58. The van der Waals surface area contributed by atoms with Crippen LogP contribution in [0.2, 0.25) is 0 Å². The molecule has 1 aliphatic rings. The van der Waals surface area contributed by atoms with Gasteiger partial charge in [0.15, 0.2) is 11.6 Å². The van der Waals surface area contributed by atoms with Crippen LogP contribution in [0.25, 0.3) is 0 Å². The Morgan fingerprint density at radius 2 is 1.94 bits per heavy atom. The lowest BCUT2D eigenvalue weighted by molar-refractivity contribution is 0.102. The number of nitrogens with two attached hydrogens (primary N) is 1. The van der Waals surface area contributed by atoms with E-state index in [1.54, 1.807) is 0 Å². The van der Waals surface area contributed by atoms with Crippen LogP contribution < -0.4 is 5.73 Å². The van der Waals surface area contributed by atoms with Crippen molar-refractivity contribution in [2.24, 2.45) is 0 Å². The number of Topliss-reactive ketones (excluding diaryl/α,β-unsaturated/α-hetero) is 1. The molecule has 1 aromatic rings. The Morgan fingerprint density at radius 3 is 2.72 bits per heavy atom. The number of halogens is 2. The fourth-order valence-corrected chi connectivity index (χ4v) is 2.17. The van der Waals surface area contributed by atoms with Crippen molar-refractivity contribution in [3.63, 3.8) is 0 Å². The van der Waals surface area contributed by atoms with Gasteiger partial charge in [-0.25, -0.2) is 8.78 Å². The molecule has 0 radical (unpaired) electrons. The van der Waals surface area contributed by atoms with Crippen LogP contribution in [-0.4, -0.2) is 5.78 Å². The summed E-state index contributed by atoms with van der Waals surface area (Å²) in [6, 6.07) is 1.80. The normalized spacial score (nSPS) is 16.0. The summed E-state index contributed by atoms with van der Waals surface area (Å²) in [7, 11) is 0. The highest BCUT2D eigenvalue weighted by Crippen LogP contribution is 2.24. The molecule has 0 saturated carbocycles. The van der Waals surface area contributed by atoms with Gasteiger partial charge in [0.05, 0.1) is 11.3 Å². The minimum Gasteiger partial charge on any atom is -0.396 e. The largest absolute Gasteiger partial charge is 0.396 e. The molecule has 0 heterocycles. The Hall–Kier alpha value is -1.71. The fraction of sp³-hybridized carbons (Fsp3) is 0.357. The van der Waals surface area contributed by atoms with E-state index in [0.717, 1.165) is 37.8 Å². The maximum absolute atomic E-state index is 13.7. The summed E-state index contributed by atoms with van der Waals surface area (Å²) in [5.41, 5.74) is 5.31. The summed E-state index contributed by atoms with van der Waals surface area (Å²) < 4.78 is 26.9. The van der Waals surface area contributed by atoms with E-state index >= 15 is 0 Å². The van der Waals surface area contributed by atoms with Gasteiger partial charge in [0.1, 0.15) is 5.82 Å². The topological polar surface area (TPSA) is 43.1 Å². The first-order valence-electron chi connectivity index (χ1n) is 6.08. The molecule has 0 bridgehead atoms. The second-order valence-electron chi connectivity index (χ2n) is 4.51. The van der Waals surface area contributed by atoms with Crippen molar-refractivity contribution in [1.29, 1.82) is 0 Å². The number of nitrogen functional groups attached to an aromatic ring is 1. The van der Waals surface area contributed by atoms with Gasteiger partial charge in [0.2, 0.25) is 0 Å². The molecule has 1 aromatic carbocycles. The third-order valence-corrected chi connectivity index (χ3v) is 3.14. The molecule has 2 nitrogen and oxygen atoms in total. The van der Waals surface area contributed by atoms with Gasteiger partial charge in [-0.05, 0) is 43.4 Å². The van der Waals surface area contributed by atoms with Gasteiger partial charge in [0.25, 0.3) is 0 Å². The Bertz CT molecular complexity index is 509. The van der Waals surface area contributed by atoms with Crippen molar-refractivity contribution in [2.75, 3.05) is 5.73 Å². The first kappa shape index (κ1) is 12.7. The van der Waals surface area contributed by atoms with Crippen molar-refractivity contribution in [1.82, 2.24) is 0 Å². The van der Waals surface area contributed by atoms with E-state index < -0.39 is 17.4 Å². The number of anilines is 1. The molecule has 1 aliphatic carbocycles. The molecule has 18 heavy (non-hydrogen) atoms. The number of hydrogen-bond donors (Lipinski definition) is 1. The minimum absolute atomic E-state index is 0.263. The zero-order valence-electron chi connectivity index (χ0n) is 10.0. The highest BCUT2D eigenvalue weighted by Gasteiger charge is 2.20. The zero-order chi connectivity index (χ0) is 13.1. The van der Waals surface area contributed by atoms with Crippen molar-refractivity contribution in [3.8, 4) is 0 Å². The summed E-state index contributed by atoms with van der Waals surface area (Å²) in [6.45, 7) is 0. The molecular weight excluding hydrogens is 236 g/mol. The number of rotatable bonds is 2. The van der Waals surface area contributed by atoms with Crippen LogP contribution in [0.15, 0.2) is 23.8 Å². The number of carbonyl (C=O) groups is 1. The number of benzene rings is 1. The third-order valence-electron chi connectivity index (χ3n) is 3.14. The van der Waals surface area contributed by atoms with Crippen LogP contribution >= 0.6 is 0 Å². The number of carbonyl (C=O) groups excluding carboxylic acids is 1. The second kappa shape index (κ2) is 5.29. The molecule has 0 fully saturated rings. The average molecular weight is 251 g/mol. The first-order valence-corrected chi connectivity index (χ1v) is 6.08. The van der Waals surface area contributed by atoms with Gasteiger partial charge >= 0.3 is 0 Å². The Morgan fingerprint density at radius 1 is 1.17 bits per heavy atom. The summed E-state index contributed by atoms with van der Waals surface area (Å²) >= 11 is 0. The summed E-state index contributed by atoms with van der Waals surface area (Å²) in [6.07, 6.45) is 6.26. The van der Waals surface area contributed by atoms with Gasteiger partial charge < -0.3 is 5.73 Å². The van der Waals surface area contributed by atoms with E-state index in [-0.39, 0.29) is 11.3 Å². The van der Waals surface area contributed by atoms with Crippen LogP contribution in [0.3, 0.4) is 0 Å². The minimum atomic E-state index is -0.827. The van der Waals surface area contributed by atoms with Crippen molar-refractivity contribution < 1.29 is 13.6 Å². The monoisotopic (exact) mass is 251 g/mol. The molecule has 0 saturated heterocycles. The van der Waals surface area contributed by atoms with E-state index in [1.807, 2.05) is 6.08 Å². The van der Waals surface area contributed by atoms with Crippen LogP contribution in [0.1, 0.15) is 42.5 Å². The fourth-order valence-electron chi connectivity index (χ4n) is 2.17. The van der Waals surface area contributed by atoms with Crippen LogP contribution in [-0.2, 0) is 0 Å². The molecule has 4 heteroatoms. The molecule has 96 valence electrons. The average Bonchev–Trinajstić information content (AvgIpc) is 2.61. The Labute approximate surface area is 104 Å². The molecule has 0 aromatic heterocycles. The molecular formula is C14H15F2NO. The second-order valence-corrected chi connectivity index (χ2v) is 4.51. The van der Waals surface area contributed by atoms with Gasteiger partial charge in [0, 0.05) is 0 Å². The standard InChI is InChI=1S/C14H15F2NO/c15-10-7-11(13(16)12(17)8-10)14(18)9-5-3-1-2-4-6-9/h5,7-8H,1-4,6,17H2. The molecule has 0 atom stereocenters. The maximum atomic E-state index is 13.7. The zero-order valence-corrected chi connectivity index (χ0v) is 10.0. The summed E-state index contributed by atoms with van der Waals surface area (Å²) in [5.74, 6) is -1.96. The summed E-state index contributed by atoms with van der Waals surface area (Å²) in [5, 5.41) is 0. The molecule has 0 amide bonds. The van der Waals surface area contributed by atoms with Gasteiger partial charge in [-0.3, -0.25) is 4.79 Å². The predicted octanol–water partition coefficient (Wildman–Crippen LogP) is 3.62. The van der Waals surface area contributed by atoms with E-state index in [9.17, 15) is 13.6 Å². The lowest BCUT2D eigenvalue weighted by atomic mass is 9.98. The Kier molecular flexibility index (Phi) is 3.75. The molecule has 0 aliphatic heterocycles. The van der Waals surface area contributed by atoms with Crippen molar-refractivity contribution >= 4 is 11.5 Å². The Balaban J connectivity index is 2.36. The smallest absolute Gasteiger partial charge is 0.191 e. The lowest BCUT2D eigenvalue weighted by Crippen LogP contribution is -2.09. The van der Waals surface area contributed by atoms with Crippen molar-refractivity contribution in [3.05, 3.63) is 41.0 Å². The van der Waals surface area contributed by atoms with Gasteiger partial charge in [-0.15, -0.1) is 0 Å². The highest BCUT2D eigenvalue weighted by molar-refractivity contribution is 6.09. The molecule has 2 rings (SSSR count). The SMILES string of the molecule is Nc1cc(F)cc(C(=O)C2=CCCCCC2)c1F. The maximum Gasteiger partial charge on any atom is 0.191 e. The first-order chi connectivity index (χ1) is 8.59. The number of allylic oxidation sites excluding steroid dienone is 2. The molecule has 2 N–H and O–H groups in total. The quantitative estimate of drug-likeness (QED) is 0.644. The van der Waals surface area contributed by atoms with Crippen LogP contribution in [0.5, 0.6) is 0 Å². The van der Waals surface area contributed by atoms with E-state index in [2.05, 4.69) is 0 Å². The van der Waals surface area contributed by atoms with Crippen LogP contribution in [0, 0.1) is 11.6 Å². The van der Waals surface area contributed by atoms with Crippen LogP contribution in [0.4, 0.5) is 14.5 Å². The predicted molar refractivity (Wildman–Crippen MR) is 66.3 cm³/mol. The van der Waals surface area contributed by atoms with Gasteiger partial charge in [-0.1, -0.05) is 12.5 Å². The molecule has 0 unspecified atom stereocenters. The number of ketones is 1. The summed E-state index contributed by atoms with van der Waals surface area (Å²) in [4.78, 5) is 12.1. The number of hydrogen-bond acceptors (Lipinski definition) is 2. The van der Waals surface area contributed by atoms with E-state index in [0.29, 0.717) is 12.0 Å². The van der Waals surface area contributed by atoms with Gasteiger partial charge in [-0.2, -0.15) is 0 Å².